The fourth-order valence-corrected chi connectivity index (χ4v) is 3.98. The molecule has 4 aromatic rings. The van der Waals surface area contributed by atoms with Gasteiger partial charge in [0.15, 0.2) is 0 Å². The molecule has 0 atom stereocenters. The van der Waals surface area contributed by atoms with Crippen LogP contribution in [0.5, 0.6) is 0 Å². The van der Waals surface area contributed by atoms with Crippen LogP contribution in [-0.4, -0.2) is 22.4 Å². The molecule has 0 unspecified atom stereocenters. The van der Waals surface area contributed by atoms with Gasteiger partial charge in [-0.1, -0.05) is 30.3 Å². The van der Waals surface area contributed by atoms with Crippen LogP contribution in [0.3, 0.4) is 0 Å². The van der Waals surface area contributed by atoms with E-state index in [1.54, 1.807) is 18.9 Å². The topological polar surface area (TPSA) is 55.6 Å². The first-order chi connectivity index (χ1) is 14.7. The Kier molecular flexibility index (Phi) is 6.47. The van der Waals surface area contributed by atoms with E-state index in [0.29, 0.717) is 18.7 Å². The van der Waals surface area contributed by atoms with Crippen LogP contribution in [0.1, 0.15) is 27.2 Å². The molecule has 0 saturated carbocycles. The lowest BCUT2D eigenvalue weighted by molar-refractivity contribution is 0.0951. The number of carbonyl (C=O) groups is 1. The lowest BCUT2D eigenvalue weighted by Gasteiger charge is -2.08. The van der Waals surface area contributed by atoms with Crippen LogP contribution in [-0.2, 0) is 23.6 Å². The fourth-order valence-electron chi connectivity index (χ4n) is 3.20. The molecule has 4 rings (SSSR count). The monoisotopic (exact) mass is 417 g/mol. The molecule has 0 bridgehead atoms. The number of nitrogens with one attached hydrogen (secondary N) is 1. The van der Waals surface area contributed by atoms with Gasteiger partial charge in [-0.05, 0) is 47.5 Å². The number of hydrogen-bond acceptors (Lipinski definition) is 4. The summed E-state index contributed by atoms with van der Waals surface area (Å²) in [6.07, 6.45) is 4.05. The van der Waals surface area contributed by atoms with E-state index in [9.17, 15) is 4.79 Å². The van der Waals surface area contributed by atoms with Gasteiger partial charge < -0.3 is 14.5 Å². The number of fused-ring (bicyclic) bond motifs is 1. The first-order valence-electron chi connectivity index (χ1n) is 9.72. The van der Waals surface area contributed by atoms with Gasteiger partial charge >= 0.3 is 0 Å². The Morgan fingerprint density at radius 1 is 1.07 bits per heavy atom. The largest absolute Gasteiger partial charge is 0.380 e. The third-order valence-electron chi connectivity index (χ3n) is 4.67. The highest BCUT2D eigenvalue weighted by Crippen LogP contribution is 2.23. The standard InChI is InChI=1S/C24H23N3O2S/c1-29-16-19-6-4-5-18(13-19)14-25-24(28)20-8-10-22(11-9-20)30-17-21-15-27-12-3-2-7-23(27)26-21/h2-13,15H,14,16-17H2,1H3,(H,25,28). The van der Waals surface area contributed by atoms with Crippen molar-refractivity contribution in [3.8, 4) is 0 Å². The molecule has 0 aliphatic carbocycles. The van der Waals surface area contributed by atoms with Crippen molar-refractivity contribution in [3.63, 3.8) is 0 Å². The summed E-state index contributed by atoms with van der Waals surface area (Å²) in [6, 6.07) is 21.7. The van der Waals surface area contributed by atoms with Gasteiger partial charge in [-0.3, -0.25) is 4.79 Å². The lowest BCUT2D eigenvalue weighted by Crippen LogP contribution is -2.22. The fraction of sp³-hybridized carbons (Fsp3) is 0.167. The number of rotatable bonds is 8. The zero-order valence-electron chi connectivity index (χ0n) is 16.7. The van der Waals surface area contributed by atoms with Crippen molar-refractivity contribution in [2.45, 2.75) is 23.8 Å². The van der Waals surface area contributed by atoms with Gasteiger partial charge in [0.1, 0.15) is 5.65 Å². The highest BCUT2D eigenvalue weighted by Gasteiger charge is 2.07. The zero-order valence-corrected chi connectivity index (χ0v) is 17.6. The normalized spacial score (nSPS) is 11.0. The Morgan fingerprint density at radius 3 is 2.70 bits per heavy atom. The summed E-state index contributed by atoms with van der Waals surface area (Å²) >= 11 is 1.71. The van der Waals surface area contributed by atoms with Gasteiger partial charge in [0.25, 0.3) is 5.91 Å². The number of imidazole rings is 1. The first kappa shape index (κ1) is 20.2. The summed E-state index contributed by atoms with van der Waals surface area (Å²) in [5.41, 5.74) is 4.78. The molecule has 5 nitrogen and oxygen atoms in total. The molecule has 152 valence electrons. The second-order valence-corrected chi connectivity index (χ2v) is 8.00. The third kappa shape index (κ3) is 5.09. The Hall–Kier alpha value is -3.09. The number of pyridine rings is 1. The van der Waals surface area contributed by atoms with Crippen molar-refractivity contribution in [1.29, 1.82) is 0 Å². The number of amides is 1. The average Bonchev–Trinajstić information content (AvgIpc) is 3.20. The molecule has 2 aromatic carbocycles. The SMILES string of the molecule is COCc1cccc(CNC(=O)c2ccc(SCc3cn4ccccc4n3)cc2)c1. The maximum absolute atomic E-state index is 12.5. The van der Waals surface area contributed by atoms with E-state index in [1.807, 2.05) is 83.5 Å². The number of carbonyl (C=O) groups excluding carboxylic acids is 1. The Bertz CT molecular complexity index is 1110. The molecule has 2 aromatic heterocycles. The van der Waals surface area contributed by atoms with Gasteiger partial charge in [0.05, 0.1) is 12.3 Å². The highest BCUT2D eigenvalue weighted by molar-refractivity contribution is 7.98. The van der Waals surface area contributed by atoms with E-state index in [2.05, 4.69) is 10.3 Å². The summed E-state index contributed by atoms with van der Waals surface area (Å²) < 4.78 is 7.18. The molecular weight excluding hydrogens is 394 g/mol. The van der Waals surface area contributed by atoms with Gasteiger partial charge in [-0.2, -0.15) is 0 Å². The molecule has 0 aliphatic rings. The molecule has 0 fully saturated rings. The van der Waals surface area contributed by atoms with Crippen LogP contribution in [0.15, 0.2) is 84.0 Å². The summed E-state index contributed by atoms with van der Waals surface area (Å²) in [4.78, 5) is 18.2. The van der Waals surface area contributed by atoms with Gasteiger partial charge in [-0.25, -0.2) is 4.98 Å². The summed E-state index contributed by atoms with van der Waals surface area (Å²) in [7, 11) is 1.67. The first-order valence-corrected chi connectivity index (χ1v) is 10.7. The Morgan fingerprint density at radius 2 is 1.90 bits per heavy atom. The summed E-state index contributed by atoms with van der Waals surface area (Å²) in [5, 5.41) is 2.98. The van der Waals surface area contributed by atoms with Crippen molar-refractivity contribution in [2.24, 2.45) is 0 Å². The number of nitrogens with zero attached hydrogens (tertiary/aromatic N) is 2. The molecule has 1 amide bonds. The smallest absolute Gasteiger partial charge is 0.251 e. The van der Waals surface area contributed by atoms with E-state index in [-0.39, 0.29) is 5.91 Å². The van der Waals surface area contributed by atoms with Crippen LogP contribution in [0, 0.1) is 0 Å². The molecule has 6 heteroatoms. The van der Waals surface area contributed by atoms with Crippen LogP contribution in [0.2, 0.25) is 0 Å². The molecule has 0 aliphatic heterocycles. The quantitative estimate of drug-likeness (QED) is 0.422. The van der Waals surface area contributed by atoms with Crippen molar-refractivity contribution in [1.82, 2.24) is 14.7 Å². The molecule has 2 heterocycles. The van der Waals surface area contributed by atoms with Crippen molar-refractivity contribution in [3.05, 3.63) is 102 Å². The Balaban J connectivity index is 1.31. The van der Waals surface area contributed by atoms with Crippen molar-refractivity contribution < 1.29 is 9.53 Å². The predicted octanol–water partition coefficient (Wildman–Crippen LogP) is 4.70. The van der Waals surface area contributed by atoms with Crippen LogP contribution in [0.25, 0.3) is 5.65 Å². The highest BCUT2D eigenvalue weighted by atomic mass is 32.2. The van der Waals surface area contributed by atoms with Gasteiger partial charge in [-0.15, -0.1) is 11.8 Å². The number of thioether (sulfide) groups is 1. The number of methoxy groups -OCH3 is 1. The van der Waals surface area contributed by atoms with Crippen LogP contribution < -0.4 is 5.32 Å². The van der Waals surface area contributed by atoms with E-state index in [0.717, 1.165) is 33.1 Å². The number of benzene rings is 2. The van der Waals surface area contributed by atoms with Crippen LogP contribution >= 0.6 is 11.8 Å². The third-order valence-corrected chi connectivity index (χ3v) is 5.72. The molecule has 0 saturated heterocycles. The molecular formula is C24H23N3O2S. The van der Waals surface area contributed by atoms with Crippen LogP contribution in [0.4, 0.5) is 0 Å². The van der Waals surface area contributed by atoms with Gasteiger partial charge in [0, 0.05) is 42.3 Å². The summed E-state index contributed by atoms with van der Waals surface area (Å²) in [6.45, 7) is 1.05. The van der Waals surface area contributed by atoms with E-state index >= 15 is 0 Å². The van der Waals surface area contributed by atoms with Crippen molar-refractivity contribution in [2.75, 3.05) is 7.11 Å². The molecule has 0 radical (unpaired) electrons. The predicted molar refractivity (Wildman–Crippen MR) is 120 cm³/mol. The van der Waals surface area contributed by atoms with Crippen molar-refractivity contribution >= 4 is 23.3 Å². The molecule has 0 spiro atoms. The lowest BCUT2D eigenvalue weighted by atomic mass is 10.1. The zero-order chi connectivity index (χ0) is 20.8. The van der Waals surface area contributed by atoms with E-state index in [1.165, 1.54) is 0 Å². The molecule has 30 heavy (non-hydrogen) atoms. The average molecular weight is 418 g/mol. The maximum Gasteiger partial charge on any atom is 0.251 e. The second kappa shape index (κ2) is 9.61. The van der Waals surface area contributed by atoms with E-state index < -0.39 is 0 Å². The molecule has 1 N–H and O–H groups in total. The minimum absolute atomic E-state index is 0.0796. The Labute approximate surface area is 180 Å². The maximum atomic E-state index is 12.5. The van der Waals surface area contributed by atoms with Gasteiger partial charge in [0.2, 0.25) is 0 Å². The number of aromatic nitrogens is 2. The minimum Gasteiger partial charge on any atom is -0.380 e. The summed E-state index contributed by atoms with van der Waals surface area (Å²) in [5.74, 6) is 0.703. The minimum atomic E-state index is -0.0796. The number of ether oxygens (including phenoxy) is 1. The number of hydrogen-bond donors (Lipinski definition) is 1. The second-order valence-electron chi connectivity index (χ2n) is 6.95. The van der Waals surface area contributed by atoms with E-state index in [4.69, 9.17) is 4.74 Å².